The lowest BCUT2D eigenvalue weighted by Gasteiger charge is -2.42. The van der Waals surface area contributed by atoms with Gasteiger partial charge in [-0.3, -0.25) is 9.69 Å². The van der Waals surface area contributed by atoms with Gasteiger partial charge in [-0.2, -0.15) is 0 Å². The smallest absolute Gasteiger partial charge is 0.226 e. The van der Waals surface area contributed by atoms with Crippen LogP contribution in [0, 0.1) is 5.92 Å². The number of para-hydroxylation sites is 1. The van der Waals surface area contributed by atoms with Crippen molar-refractivity contribution in [3.8, 4) is 5.75 Å². The summed E-state index contributed by atoms with van der Waals surface area (Å²) in [5.41, 5.74) is 1.16. The van der Waals surface area contributed by atoms with Gasteiger partial charge in [0.1, 0.15) is 18.0 Å². The van der Waals surface area contributed by atoms with Gasteiger partial charge in [-0.25, -0.2) is 4.39 Å². The molecule has 2 aromatic carbocycles. The SMILES string of the molecule is O=C([C@H]1C[C@@](F)(c2ccc(CN3CCCC3)c(Cl)c2)C1)N1CCOc2ccccc2C1. The van der Waals surface area contributed by atoms with E-state index >= 15 is 4.39 Å². The fourth-order valence-corrected chi connectivity index (χ4v) is 5.28. The first-order valence-electron chi connectivity index (χ1n) is 11.2. The fourth-order valence-electron chi connectivity index (χ4n) is 5.04. The van der Waals surface area contributed by atoms with E-state index in [0.29, 0.717) is 30.3 Å². The first-order valence-corrected chi connectivity index (χ1v) is 11.6. The highest BCUT2D eigenvalue weighted by Crippen LogP contribution is 2.50. The molecule has 0 aromatic heterocycles. The molecule has 6 heteroatoms. The third-order valence-corrected chi connectivity index (χ3v) is 7.27. The van der Waals surface area contributed by atoms with Crippen LogP contribution in [0.2, 0.25) is 5.02 Å². The van der Waals surface area contributed by atoms with Crippen molar-refractivity contribution in [2.75, 3.05) is 26.2 Å². The fraction of sp³-hybridized carbons (Fsp3) is 0.480. The monoisotopic (exact) mass is 442 g/mol. The summed E-state index contributed by atoms with van der Waals surface area (Å²) in [6, 6.07) is 13.4. The summed E-state index contributed by atoms with van der Waals surface area (Å²) in [5.74, 6) is 0.554. The molecule has 4 nitrogen and oxygen atoms in total. The Morgan fingerprint density at radius 3 is 2.68 bits per heavy atom. The van der Waals surface area contributed by atoms with Gasteiger partial charge in [0.2, 0.25) is 5.91 Å². The Morgan fingerprint density at radius 1 is 1.13 bits per heavy atom. The molecule has 2 aliphatic heterocycles. The highest BCUT2D eigenvalue weighted by Gasteiger charge is 2.50. The number of benzene rings is 2. The van der Waals surface area contributed by atoms with E-state index in [-0.39, 0.29) is 24.7 Å². The molecule has 1 saturated heterocycles. The lowest BCUT2D eigenvalue weighted by atomic mass is 9.68. The van der Waals surface area contributed by atoms with Crippen molar-refractivity contribution >= 4 is 17.5 Å². The maximum absolute atomic E-state index is 15.6. The maximum Gasteiger partial charge on any atom is 0.226 e. The normalized spacial score (nSPS) is 26.0. The predicted octanol–water partition coefficient (Wildman–Crippen LogP) is 4.93. The number of ether oxygens (including phenoxy) is 1. The Morgan fingerprint density at radius 2 is 1.90 bits per heavy atom. The van der Waals surface area contributed by atoms with Crippen LogP contribution in [-0.4, -0.2) is 41.9 Å². The predicted molar refractivity (Wildman–Crippen MR) is 119 cm³/mol. The molecule has 0 spiro atoms. The van der Waals surface area contributed by atoms with E-state index in [0.717, 1.165) is 36.5 Å². The van der Waals surface area contributed by atoms with Gasteiger partial charge in [-0.1, -0.05) is 41.9 Å². The van der Waals surface area contributed by atoms with Crippen LogP contribution in [0.1, 0.15) is 42.4 Å². The molecule has 0 radical (unpaired) electrons. The third-order valence-electron chi connectivity index (χ3n) is 6.92. The Kier molecular flexibility index (Phi) is 5.65. The molecule has 31 heavy (non-hydrogen) atoms. The van der Waals surface area contributed by atoms with Crippen molar-refractivity contribution < 1.29 is 13.9 Å². The topological polar surface area (TPSA) is 32.8 Å². The van der Waals surface area contributed by atoms with Crippen LogP contribution in [0.4, 0.5) is 4.39 Å². The number of rotatable bonds is 4. The highest BCUT2D eigenvalue weighted by molar-refractivity contribution is 6.31. The van der Waals surface area contributed by atoms with Gasteiger partial charge in [0.15, 0.2) is 0 Å². The third kappa shape index (κ3) is 4.18. The summed E-state index contributed by atoms with van der Waals surface area (Å²) in [4.78, 5) is 17.2. The first-order chi connectivity index (χ1) is 15.0. The van der Waals surface area contributed by atoms with Crippen LogP contribution >= 0.6 is 11.6 Å². The summed E-state index contributed by atoms with van der Waals surface area (Å²) >= 11 is 6.50. The molecule has 164 valence electrons. The van der Waals surface area contributed by atoms with Crippen LogP contribution < -0.4 is 4.74 Å². The number of alkyl halides is 1. The molecule has 1 saturated carbocycles. The summed E-state index contributed by atoms with van der Waals surface area (Å²) in [5, 5.41) is 0.623. The van der Waals surface area contributed by atoms with Gasteiger partial charge in [0.05, 0.1) is 6.54 Å². The summed E-state index contributed by atoms with van der Waals surface area (Å²) in [7, 11) is 0. The van der Waals surface area contributed by atoms with E-state index in [1.165, 1.54) is 12.8 Å². The van der Waals surface area contributed by atoms with Gasteiger partial charge in [0.25, 0.3) is 0 Å². The summed E-state index contributed by atoms with van der Waals surface area (Å²) in [6.07, 6.45) is 2.89. The van der Waals surface area contributed by atoms with E-state index in [2.05, 4.69) is 4.90 Å². The van der Waals surface area contributed by atoms with E-state index in [1.807, 2.05) is 41.3 Å². The van der Waals surface area contributed by atoms with Gasteiger partial charge in [-0.05, 0) is 62.0 Å². The number of carbonyl (C=O) groups is 1. The molecule has 2 heterocycles. The Hall–Kier alpha value is -2.11. The minimum atomic E-state index is -1.48. The molecule has 0 N–H and O–H groups in total. The second-order valence-electron chi connectivity index (χ2n) is 9.08. The number of carbonyl (C=O) groups excluding carboxylic acids is 1. The van der Waals surface area contributed by atoms with Crippen LogP contribution in [0.25, 0.3) is 0 Å². The molecule has 2 aromatic rings. The van der Waals surface area contributed by atoms with Crippen LogP contribution in [0.3, 0.4) is 0 Å². The van der Waals surface area contributed by atoms with Crippen LogP contribution in [-0.2, 0) is 23.6 Å². The van der Waals surface area contributed by atoms with E-state index < -0.39 is 5.67 Å². The second kappa shape index (κ2) is 8.44. The number of nitrogens with zero attached hydrogens (tertiary/aromatic N) is 2. The van der Waals surface area contributed by atoms with E-state index in [1.54, 1.807) is 6.07 Å². The highest BCUT2D eigenvalue weighted by atomic mass is 35.5. The number of fused-ring (bicyclic) bond motifs is 1. The van der Waals surface area contributed by atoms with Crippen molar-refractivity contribution in [2.45, 2.75) is 44.4 Å². The standard InChI is InChI=1S/C25H28ClFN2O2/c26-22-13-21(8-7-18(22)16-28-9-3-4-10-28)25(27)14-20(15-25)24(30)29-11-12-31-23-6-2-1-5-19(23)17-29/h1-2,5-8,13,20H,3-4,9-12,14-17H2/t20-,25-. The van der Waals surface area contributed by atoms with Gasteiger partial charge < -0.3 is 9.64 Å². The van der Waals surface area contributed by atoms with E-state index in [4.69, 9.17) is 16.3 Å². The average molecular weight is 443 g/mol. The van der Waals surface area contributed by atoms with Gasteiger partial charge in [0, 0.05) is 29.6 Å². The van der Waals surface area contributed by atoms with Gasteiger partial charge >= 0.3 is 0 Å². The molecule has 3 aliphatic rings. The molecule has 1 aliphatic carbocycles. The summed E-state index contributed by atoms with van der Waals surface area (Å²) < 4.78 is 21.3. The second-order valence-corrected chi connectivity index (χ2v) is 9.48. The van der Waals surface area contributed by atoms with Crippen LogP contribution in [0.5, 0.6) is 5.75 Å². The molecule has 2 fully saturated rings. The minimum Gasteiger partial charge on any atom is -0.491 e. The molecular weight excluding hydrogens is 415 g/mol. The quantitative estimate of drug-likeness (QED) is 0.672. The number of hydrogen-bond acceptors (Lipinski definition) is 3. The lowest BCUT2D eigenvalue weighted by molar-refractivity contribution is -0.146. The zero-order chi connectivity index (χ0) is 21.4. The molecule has 1 amide bonds. The Bertz CT molecular complexity index is 970. The zero-order valence-electron chi connectivity index (χ0n) is 17.7. The molecule has 0 atom stereocenters. The van der Waals surface area contributed by atoms with Crippen molar-refractivity contribution in [1.82, 2.24) is 9.80 Å². The summed E-state index contributed by atoms with van der Waals surface area (Å²) in [6.45, 7) is 4.52. The number of likely N-dealkylation sites (tertiary alicyclic amines) is 1. The Balaban J connectivity index is 1.23. The molecule has 5 rings (SSSR count). The van der Waals surface area contributed by atoms with Crippen molar-refractivity contribution in [3.63, 3.8) is 0 Å². The Labute approximate surface area is 187 Å². The molecule has 0 unspecified atom stereocenters. The molecule has 0 bridgehead atoms. The zero-order valence-corrected chi connectivity index (χ0v) is 18.4. The molecular formula is C25H28ClFN2O2. The van der Waals surface area contributed by atoms with Crippen LogP contribution in [0.15, 0.2) is 42.5 Å². The van der Waals surface area contributed by atoms with Crippen molar-refractivity contribution in [2.24, 2.45) is 5.92 Å². The number of halogens is 2. The van der Waals surface area contributed by atoms with Crippen molar-refractivity contribution in [1.29, 1.82) is 0 Å². The number of hydrogen-bond donors (Lipinski definition) is 0. The number of amides is 1. The first kappa shape index (κ1) is 20.8. The van der Waals surface area contributed by atoms with E-state index in [9.17, 15) is 4.79 Å². The van der Waals surface area contributed by atoms with Gasteiger partial charge in [-0.15, -0.1) is 0 Å². The lowest BCUT2D eigenvalue weighted by Crippen LogP contribution is -2.47. The largest absolute Gasteiger partial charge is 0.491 e. The average Bonchev–Trinajstić information content (AvgIpc) is 3.16. The maximum atomic E-state index is 15.6. The minimum absolute atomic E-state index is 0.0188. The van der Waals surface area contributed by atoms with Crippen molar-refractivity contribution in [3.05, 3.63) is 64.2 Å².